The summed E-state index contributed by atoms with van der Waals surface area (Å²) in [6.07, 6.45) is 1.67. The monoisotopic (exact) mass is 205 g/mol. The maximum atomic E-state index is 10.7. The fraction of sp³-hybridized carbons (Fsp3) is 0.200. The second kappa shape index (κ2) is 3.70. The average Bonchev–Trinajstić information content (AvgIpc) is 2.61. The molecule has 15 heavy (non-hydrogen) atoms. The third kappa shape index (κ3) is 1.69. The van der Waals surface area contributed by atoms with Gasteiger partial charge in [-0.1, -0.05) is 0 Å². The number of imidazole rings is 1. The van der Waals surface area contributed by atoms with E-state index in [2.05, 4.69) is 4.98 Å². The molecule has 2 rings (SSSR count). The van der Waals surface area contributed by atoms with Crippen LogP contribution in [0.3, 0.4) is 0 Å². The molecule has 5 heteroatoms. The van der Waals surface area contributed by atoms with Crippen LogP contribution in [-0.4, -0.2) is 27.2 Å². The number of rotatable bonds is 3. The summed E-state index contributed by atoms with van der Waals surface area (Å²) in [7, 11) is 0. The highest BCUT2D eigenvalue weighted by Gasteiger charge is 2.06. The molecule has 78 valence electrons. The first-order chi connectivity index (χ1) is 7.22. The Morgan fingerprint density at radius 2 is 2.33 bits per heavy atom. The summed E-state index contributed by atoms with van der Waals surface area (Å²) in [5.74, 6) is -0.940. The summed E-state index contributed by atoms with van der Waals surface area (Å²) in [6.45, 7) is 1.22. The molecule has 0 aliphatic carbocycles. The molecule has 0 atom stereocenters. The second-order valence-electron chi connectivity index (χ2n) is 3.24. The Hall–Kier alpha value is -1.88. The topological polar surface area (TPSA) is 81.1 Å². The number of hydrogen-bond donors (Lipinski definition) is 2. The number of aromatic carboxylic acids is 1. The number of carboxylic acids is 1. The lowest BCUT2D eigenvalue weighted by molar-refractivity contribution is 0.0697. The Bertz CT molecular complexity index is 504. The summed E-state index contributed by atoms with van der Waals surface area (Å²) in [5.41, 5.74) is 7.29. The van der Waals surface area contributed by atoms with Gasteiger partial charge in [0.1, 0.15) is 0 Å². The number of fused-ring (bicyclic) bond motifs is 1. The molecule has 0 saturated heterocycles. The van der Waals surface area contributed by atoms with Gasteiger partial charge in [0.15, 0.2) is 0 Å². The fourth-order valence-electron chi connectivity index (χ4n) is 1.51. The average molecular weight is 205 g/mol. The third-order valence-corrected chi connectivity index (χ3v) is 2.24. The minimum absolute atomic E-state index is 0.250. The molecule has 0 amide bonds. The normalized spacial score (nSPS) is 10.7. The smallest absolute Gasteiger partial charge is 0.335 e. The van der Waals surface area contributed by atoms with Crippen molar-refractivity contribution in [1.29, 1.82) is 0 Å². The molecule has 0 unspecified atom stereocenters. The van der Waals surface area contributed by atoms with Gasteiger partial charge in [-0.25, -0.2) is 9.78 Å². The summed E-state index contributed by atoms with van der Waals surface area (Å²) < 4.78 is 1.90. The predicted octanol–water partition coefficient (Wildman–Crippen LogP) is 0.693. The van der Waals surface area contributed by atoms with Crippen molar-refractivity contribution in [1.82, 2.24) is 9.55 Å². The molecule has 0 bridgehead atoms. The Kier molecular flexibility index (Phi) is 2.39. The molecule has 2 aromatic rings. The first kappa shape index (κ1) is 9.67. The van der Waals surface area contributed by atoms with Crippen molar-refractivity contribution in [2.24, 2.45) is 5.73 Å². The molecular weight excluding hydrogens is 194 g/mol. The van der Waals surface area contributed by atoms with E-state index in [1.54, 1.807) is 24.5 Å². The molecule has 3 N–H and O–H groups in total. The van der Waals surface area contributed by atoms with Gasteiger partial charge in [0, 0.05) is 13.1 Å². The van der Waals surface area contributed by atoms with Crippen molar-refractivity contribution in [2.45, 2.75) is 6.54 Å². The van der Waals surface area contributed by atoms with Gasteiger partial charge in [-0.15, -0.1) is 0 Å². The zero-order chi connectivity index (χ0) is 10.8. The Morgan fingerprint density at radius 1 is 1.53 bits per heavy atom. The van der Waals surface area contributed by atoms with E-state index in [1.807, 2.05) is 4.57 Å². The van der Waals surface area contributed by atoms with E-state index in [1.165, 1.54) is 0 Å². The van der Waals surface area contributed by atoms with Gasteiger partial charge in [-0.3, -0.25) is 0 Å². The maximum Gasteiger partial charge on any atom is 0.335 e. The molecule has 1 aromatic heterocycles. The molecule has 0 aliphatic rings. The van der Waals surface area contributed by atoms with E-state index >= 15 is 0 Å². The zero-order valence-electron chi connectivity index (χ0n) is 8.05. The number of carbonyl (C=O) groups is 1. The lowest BCUT2D eigenvalue weighted by Gasteiger charge is -2.00. The minimum Gasteiger partial charge on any atom is -0.478 e. The van der Waals surface area contributed by atoms with Crippen molar-refractivity contribution in [3.63, 3.8) is 0 Å². The van der Waals surface area contributed by atoms with E-state index in [9.17, 15) is 4.79 Å². The minimum atomic E-state index is -0.940. The van der Waals surface area contributed by atoms with E-state index in [0.717, 1.165) is 5.52 Å². The number of nitrogens with zero attached hydrogens (tertiary/aromatic N) is 2. The quantitative estimate of drug-likeness (QED) is 0.772. The number of carboxylic acid groups (broad SMARTS) is 1. The van der Waals surface area contributed by atoms with Crippen molar-refractivity contribution >= 4 is 17.0 Å². The van der Waals surface area contributed by atoms with Gasteiger partial charge >= 0.3 is 5.97 Å². The maximum absolute atomic E-state index is 10.7. The van der Waals surface area contributed by atoms with Crippen LogP contribution >= 0.6 is 0 Å². The van der Waals surface area contributed by atoms with Crippen LogP contribution in [0.2, 0.25) is 0 Å². The largest absolute Gasteiger partial charge is 0.478 e. The van der Waals surface area contributed by atoms with Gasteiger partial charge < -0.3 is 15.4 Å². The van der Waals surface area contributed by atoms with Crippen molar-refractivity contribution in [2.75, 3.05) is 6.54 Å². The van der Waals surface area contributed by atoms with E-state index < -0.39 is 5.97 Å². The van der Waals surface area contributed by atoms with Gasteiger partial charge in [-0.2, -0.15) is 0 Å². The number of nitrogens with two attached hydrogens (primary N) is 1. The standard InChI is InChI=1S/C10H11N3O2/c11-3-4-13-6-12-8-5-7(10(14)15)1-2-9(8)13/h1-2,5-6H,3-4,11H2,(H,14,15). The summed E-state index contributed by atoms with van der Waals surface area (Å²) in [6, 6.07) is 4.88. The number of aromatic nitrogens is 2. The van der Waals surface area contributed by atoms with Gasteiger partial charge in [0.05, 0.1) is 22.9 Å². The van der Waals surface area contributed by atoms with Gasteiger partial charge in [-0.05, 0) is 18.2 Å². The Balaban J connectivity index is 2.51. The molecule has 0 aliphatic heterocycles. The molecule has 5 nitrogen and oxygen atoms in total. The number of hydrogen-bond acceptors (Lipinski definition) is 3. The van der Waals surface area contributed by atoms with E-state index in [4.69, 9.17) is 10.8 Å². The van der Waals surface area contributed by atoms with Crippen molar-refractivity contribution in [3.05, 3.63) is 30.1 Å². The summed E-state index contributed by atoms with van der Waals surface area (Å²) in [4.78, 5) is 14.8. The molecule has 1 heterocycles. The van der Waals surface area contributed by atoms with Crippen LogP contribution in [0.15, 0.2) is 24.5 Å². The lowest BCUT2D eigenvalue weighted by atomic mass is 10.2. The Labute approximate surface area is 86.1 Å². The van der Waals surface area contributed by atoms with Crippen LogP contribution < -0.4 is 5.73 Å². The van der Waals surface area contributed by atoms with Crippen LogP contribution in [-0.2, 0) is 6.54 Å². The second-order valence-corrected chi connectivity index (χ2v) is 3.24. The molecule has 1 aromatic carbocycles. The van der Waals surface area contributed by atoms with E-state index in [0.29, 0.717) is 18.6 Å². The summed E-state index contributed by atoms with van der Waals surface area (Å²) in [5, 5.41) is 8.80. The third-order valence-electron chi connectivity index (χ3n) is 2.24. The first-order valence-electron chi connectivity index (χ1n) is 4.60. The first-order valence-corrected chi connectivity index (χ1v) is 4.60. The van der Waals surface area contributed by atoms with E-state index in [-0.39, 0.29) is 5.56 Å². The molecule has 0 spiro atoms. The molecule has 0 saturated carbocycles. The van der Waals surface area contributed by atoms with Crippen LogP contribution in [0, 0.1) is 0 Å². The van der Waals surface area contributed by atoms with Gasteiger partial charge in [0.25, 0.3) is 0 Å². The predicted molar refractivity (Wildman–Crippen MR) is 55.7 cm³/mol. The molecule has 0 radical (unpaired) electrons. The fourth-order valence-corrected chi connectivity index (χ4v) is 1.51. The van der Waals surface area contributed by atoms with Crippen LogP contribution in [0.1, 0.15) is 10.4 Å². The highest BCUT2D eigenvalue weighted by Crippen LogP contribution is 2.14. The highest BCUT2D eigenvalue weighted by atomic mass is 16.4. The number of benzene rings is 1. The zero-order valence-corrected chi connectivity index (χ0v) is 8.05. The van der Waals surface area contributed by atoms with Crippen LogP contribution in [0.25, 0.3) is 11.0 Å². The summed E-state index contributed by atoms with van der Waals surface area (Å²) >= 11 is 0. The SMILES string of the molecule is NCCn1cnc2cc(C(=O)O)ccc21. The molecular formula is C10H11N3O2. The van der Waals surface area contributed by atoms with Crippen molar-refractivity contribution in [3.8, 4) is 0 Å². The Morgan fingerprint density at radius 3 is 3.00 bits per heavy atom. The van der Waals surface area contributed by atoms with Gasteiger partial charge in [0.2, 0.25) is 0 Å². The molecule has 0 fully saturated rings. The lowest BCUT2D eigenvalue weighted by Crippen LogP contribution is -2.08. The van der Waals surface area contributed by atoms with Crippen molar-refractivity contribution < 1.29 is 9.90 Å². The highest BCUT2D eigenvalue weighted by molar-refractivity contribution is 5.92. The van der Waals surface area contributed by atoms with Crippen LogP contribution in [0.4, 0.5) is 0 Å². The van der Waals surface area contributed by atoms with Crippen LogP contribution in [0.5, 0.6) is 0 Å².